The van der Waals surface area contributed by atoms with Crippen LogP contribution in [0.3, 0.4) is 0 Å². The molecule has 18 heteroatoms. The number of hydrogen-bond acceptors (Lipinski definition) is 11. The summed E-state index contributed by atoms with van der Waals surface area (Å²) in [6.07, 6.45) is 4.90. The van der Waals surface area contributed by atoms with Gasteiger partial charge in [-0.3, -0.25) is 19.2 Å². The van der Waals surface area contributed by atoms with Crippen LogP contribution in [0.15, 0.2) is 111 Å². The molecule has 0 bridgehead atoms. The minimum atomic E-state index is -4.23. The quantitative estimate of drug-likeness (QED) is 0.0243. The Bertz CT molecular complexity index is 2560. The highest BCUT2D eigenvalue weighted by molar-refractivity contribution is 7.90. The van der Waals surface area contributed by atoms with E-state index in [2.05, 4.69) is 30.9 Å². The molecule has 0 saturated carbocycles. The Morgan fingerprint density at radius 3 is 2.13 bits per heavy atom. The lowest BCUT2D eigenvalue weighted by molar-refractivity contribution is -0.147. The molecule has 1 fully saturated rings. The maximum atomic E-state index is 14.1. The molecule has 6 N–H and O–H groups in total. The summed E-state index contributed by atoms with van der Waals surface area (Å²) in [7, 11) is -1.52. The van der Waals surface area contributed by atoms with E-state index < -0.39 is 52.1 Å². The van der Waals surface area contributed by atoms with E-state index in [0.717, 1.165) is 24.0 Å². The number of carbonyl (C=O) groups is 5. The van der Waals surface area contributed by atoms with Crippen molar-refractivity contribution >= 4 is 51.7 Å². The lowest BCUT2D eigenvalue weighted by Gasteiger charge is -2.29. The summed E-state index contributed by atoms with van der Waals surface area (Å²) in [5.41, 5.74) is 12.6. The summed E-state index contributed by atoms with van der Waals surface area (Å²) in [6, 6.07) is 25.0. The topological polar surface area (TPSA) is 240 Å². The first-order valence-electron chi connectivity index (χ1n) is 23.6. The number of nitrogens with one attached hydrogen (secondary N) is 4. The largest absolute Gasteiger partial charge is 0.496 e. The molecule has 2 unspecified atom stereocenters. The van der Waals surface area contributed by atoms with Gasteiger partial charge < -0.3 is 36.1 Å². The van der Waals surface area contributed by atoms with Gasteiger partial charge in [0.2, 0.25) is 11.8 Å². The van der Waals surface area contributed by atoms with Crippen LogP contribution in [0.5, 0.6) is 5.75 Å². The van der Waals surface area contributed by atoms with Crippen molar-refractivity contribution in [1.29, 1.82) is 0 Å². The number of ketones is 1. The van der Waals surface area contributed by atoms with E-state index in [9.17, 15) is 32.4 Å². The maximum absolute atomic E-state index is 14.1. The summed E-state index contributed by atoms with van der Waals surface area (Å²) in [6.45, 7) is 7.34. The van der Waals surface area contributed by atoms with Gasteiger partial charge in [-0.25, -0.2) is 10.2 Å². The van der Waals surface area contributed by atoms with Crippen LogP contribution in [-0.4, -0.2) is 100 Å². The summed E-state index contributed by atoms with van der Waals surface area (Å²) < 4.78 is 41.2. The number of rotatable bonds is 24. The lowest BCUT2D eigenvalue weighted by Crippen LogP contribution is -2.54. The molecule has 1 saturated heterocycles. The van der Waals surface area contributed by atoms with Gasteiger partial charge in [0.05, 0.1) is 44.2 Å². The number of ether oxygens (including phenoxy) is 2. The van der Waals surface area contributed by atoms with Crippen molar-refractivity contribution in [2.75, 3.05) is 27.3 Å². The van der Waals surface area contributed by atoms with Crippen molar-refractivity contribution in [3.63, 3.8) is 0 Å². The van der Waals surface area contributed by atoms with Gasteiger partial charge >= 0.3 is 12.0 Å². The van der Waals surface area contributed by atoms with E-state index in [-0.39, 0.29) is 54.3 Å². The van der Waals surface area contributed by atoms with Gasteiger partial charge in [0.25, 0.3) is 10.0 Å². The van der Waals surface area contributed by atoms with Crippen molar-refractivity contribution < 1.29 is 41.9 Å². The van der Waals surface area contributed by atoms with Crippen molar-refractivity contribution in [2.24, 2.45) is 21.2 Å². The third-order valence-corrected chi connectivity index (χ3v) is 13.6. The average molecular weight is 979 g/mol. The number of benzene rings is 4. The van der Waals surface area contributed by atoms with Gasteiger partial charge in [-0.2, -0.15) is 13.5 Å². The number of sulfonamides is 1. The fraction of sp³-hybridized carbons (Fsp3) is 0.404. The molecule has 0 aromatic heterocycles. The van der Waals surface area contributed by atoms with Gasteiger partial charge in [-0.1, -0.05) is 106 Å². The number of Topliss-reactive ketones (excluding diaryl/α,β-unsaturated/α-hetero) is 1. The van der Waals surface area contributed by atoms with Crippen LogP contribution in [0.1, 0.15) is 98.2 Å². The first-order valence-corrected chi connectivity index (χ1v) is 25.0. The number of hydrazone groups is 1. The molecule has 0 spiro atoms. The highest BCUT2D eigenvalue weighted by Crippen LogP contribution is 2.28. The Morgan fingerprint density at radius 1 is 0.857 bits per heavy atom. The number of carbonyl (C=O) groups excluding carboxylic acids is 5. The number of hydrogen-bond donors (Lipinski definition) is 5. The molecule has 4 aromatic carbocycles. The molecular formula is C52H66N8O9S. The SMILES string of the molecule is CCCC(CCC)C(=O)N[C@@H](CC(=O)OC)C(=O)N1CCCC1C(=O)CNC(/C=N/NC(=O)NC(c1ccccc1)c1ccccc1)Cc1cccc(/C(N)=N/S(=O)(=O)c2cc(C)c(OC)cc2C)c1. The summed E-state index contributed by atoms with van der Waals surface area (Å²) in [5, 5.41) is 13.3. The number of amidine groups is 1. The lowest BCUT2D eigenvalue weighted by atomic mass is 9.96. The second-order valence-electron chi connectivity index (χ2n) is 17.3. The second kappa shape index (κ2) is 26.2. The molecule has 0 aliphatic carbocycles. The second-order valence-corrected chi connectivity index (χ2v) is 18.9. The van der Waals surface area contributed by atoms with Gasteiger partial charge in [0.1, 0.15) is 17.6 Å². The molecule has 374 valence electrons. The minimum Gasteiger partial charge on any atom is -0.496 e. The number of nitrogens with zero attached hydrogens (tertiary/aromatic N) is 3. The molecule has 17 nitrogen and oxygen atoms in total. The number of aryl methyl sites for hydroxylation is 2. The van der Waals surface area contributed by atoms with Crippen molar-refractivity contribution in [3.8, 4) is 5.75 Å². The number of nitrogens with two attached hydrogens (primary N) is 1. The molecule has 70 heavy (non-hydrogen) atoms. The third-order valence-electron chi connectivity index (χ3n) is 12.1. The zero-order chi connectivity index (χ0) is 50.8. The van der Waals surface area contributed by atoms with E-state index in [0.29, 0.717) is 53.7 Å². The van der Waals surface area contributed by atoms with Gasteiger partial charge in [0, 0.05) is 30.3 Å². The molecule has 1 aliphatic rings. The highest BCUT2D eigenvalue weighted by atomic mass is 32.2. The Balaban J connectivity index is 1.37. The number of esters is 1. The zero-order valence-electron chi connectivity index (χ0n) is 40.8. The molecule has 0 radical (unpaired) electrons. The van der Waals surface area contributed by atoms with Gasteiger partial charge in [0.15, 0.2) is 5.78 Å². The Hall–Kier alpha value is -6.92. The minimum absolute atomic E-state index is 0.00991. The summed E-state index contributed by atoms with van der Waals surface area (Å²) in [5.74, 6) is -1.90. The molecule has 4 aromatic rings. The number of methoxy groups -OCH3 is 2. The molecule has 4 amide bonds. The van der Waals surface area contributed by atoms with Crippen molar-refractivity contribution in [3.05, 3.63) is 130 Å². The van der Waals surface area contributed by atoms with Crippen molar-refractivity contribution in [2.45, 2.75) is 108 Å². The Kier molecular flexibility index (Phi) is 20.2. The van der Waals surface area contributed by atoms with E-state index in [4.69, 9.17) is 15.2 Å². The highest BCUT2D eigenvalue weighted by Gasteiger charge is 2.39. The van der Waals surface area contributed by atoms with Crippen LogP contribution in [-0.2, 0) is 40.4 Å². The van der Waals surface area contributed by atoms with Crippen LogP contribution in [0.4, 0.5) is 4.79 Å². The van der Waals surface area contributed by atoms with Crippen LogP contribution in [0.25, 0.3) is 0 Å². The summed E-state index contributed by atoms with van der Waals surface area (Å²) >= 11 is 0. The smallest absolute Gasteiger partial charge is 0.335 e. The fourth-order valence-corrected chi connectivity index (χ4v) is 9.79. The van der Waals surface area contributed by atoms with Gasteiger partial charge in [-0.05, 0) is 92.0 Å². The van der Waals surface area contributed by atoms with Gasteiger partial charge in [-0.15, -0.1) is 4.40 Å². The van der Waals surface area contributed by atoms with E-state index in [1.807, 2.05) is 74.5 Å². The Labute approximate surface area is 411 Å². The molecular weight excluding hydrogens is 913 g/mol. The molecule has 1 heterocycles. The van der Waals surface area contributed by atoms with Crippen LogP contribution in [0, 0.1) is 19.8 Å². The van der Waals surface area contributed by atoms with E-state index in [1.54, 1.807) is 44.2 Å². The first-order chi connectivity index (χ1) is 33.6. The monoisotopic (exact) mass is 978 g/mol. The number of urea groups is 1. The van der Waals surface area contributed by atoms with Crippen molar-refractivity contribution in [1.82, 2.24) is 26.3 Å². The fourth-order valence-electron chi connectivity index (χ4n) is 8.54. The number of likely N-dealkylation sites (tertiary alicyclic amines) is 1. The van der Waals surface area contributed by atoms with Crippen LogP contribution in [0.2, 0.25) is 0 Å². The maximum Gasteiger partial charge on any atom is 0.335 e. The van der Waals surface area contributed by atoms with Crippen LogP contribution >= 0.6 is 0 Å². The standard InChI is InChI=1S/C52H66N8O9S/c1-7-17-39(18-8-2)50(63)56-42(31-47(62)69-6)51(64)60-26-16-25-43(60)44(61)33-54-41(32-55-58-52(65)57-48(37-20-11-9-12-21-37)38-22-13-10-14-23-38)30-36-19-15-24-40(29-36)49(53)59-70(66,67)46-28-34(3)45(68-5)27-35(46)4/h9-15,19-24,27-29,32,39,41-43,48,54H,7-8,16-18,25-26,30-31,33H2,1-6H3,(H2,53,59)(H,56,63)(H2,57,58,65)/b55-32+/t41?,42-,43?/m0/s1. The third kappa shape index (κ3) is 15.0. The molecule has 5 rings (SSSR count). The molecule has 3 atom stereocenters. The predicted octanol–water partition coefficient (Wildman–Crippen LogP) is 5.81. The van der Waals surface area contributed by atoms with Crippen LogP contribution < -0.4 is 31.8 Å². The zero-order valence-corrected chi connectivity index (χ0v) is 41.6. The predicted molar refractivity (Wildman–Crippen MR) is 269 cm³/mol. The molecule has 1 aliphatic heterocycles. The number of amides is 4. The van der Waals surface area contributed by atoms with E-state index in [1.165, 1.54) is 31.4 Å². The first kappa shape index (κ1) is 54.0. The normalized spacial score (nSPS) is 14.9. The summed E-state index contributed by atoms with van der Waals surface area (Å²) in [4.78, 5) is 69.0. The van der Waals surface area contributed by atoms with E-state index >= 15 is 0 Å². The average Bonchev–Trinajstić information content (AvgIpc) is 3.85. The Morgan fingerprint density at radius 2 is 1.51 bits per heavy atom.